The number of nitrogens with one attached hydrogen (secondary N) is 1. The van der Waals surface area contributed by atoms with Crippen molar-refractivity contribution in [1.82, 2.24) is 20.2 Å². The van der Waals surface area contributed by atoms with E-state index < -0.39 is 0 Å². The molecular formula is C14H11ClN4O. The van der Waals surface area contributed by atoms with Gasteiger partial charge in [0.05, 0.1) is 23.4 Å². The molecule has 0 spiro atoms. The average Bonchev–Trinajstić information content (AvgIpc) is 3.14. The van der Waals surface area contributed by atoms with Crippen molar-refractivity contribution >= 4 is 22.6 Å². The largest absolute Gasteiger partial charge is 0.490 e. The van der Waals surface area contributed by atoms with Crippen LogP contribution in [0.4, 0.5) is 0 Å². The van der Waals surface area contributed by atoms with Crippen molar-refractivity contribution in [2.24, 2.45) is 0 Å². The summed E-state index contributed by atoms with van der Waals surface area (Å²) < 4.78 is 5.74. The van der Waals surface area contributed by atoms with E-state index in [0.29, 0.717) is 11.8 Å². The lowest BCUT2D eigenvalue weighted by Crippen LogP contribution is -1.95. The quantitative estimate of drug-likeness (QED) is 0.751. The Morgan fingerprint density at radius 1 is 1.15 bits per heavy atom. The van der Waals surface area contributed by atoms with E-state index >= 15 is 0 Å². The summed E-state index contributed by atoms with van der Waals surface area (Å²) in [4.78, 5) is 8.40. The molecule has 2 heterocycles. The Morgan fingerprint density at radius 2 is 1.95 bits per heavy atom. The van der Waals surface area contributed by atoms with Crippen molar-refractivity contribution in [1.29, 1.82) is 0 Å². The molecule has 0 aliphatic heterocycles. The number of rotatable bonds is 3. The number of aromatic nitrogens is 4. The van der Waals surface area contributed by atoms with Gasteiger partial charge in [-0.15, -0.1) is 0 Å². The molecule has 0 unspecified atom stereocenters. The zero-order chi connectivity index (χ0) is 13.5. The maximum Gasteiger partial charge on any atom is 0.224 e. The number of hydrogen-bond acceptors (Lipinski definition) is 4. The molecule has 1 aliphatic rings. The molecule has 0 saturated heterocycles. The summed E-state index contributed by atoms with van der Waals surface area (Å²) in [5, 5.41) is 7.84. The fourth-order valence-electron chi connectivity index (χ4n) is 2.10. The van der Waals surface area contributed by atoms with Gasteiger partial charge in [-0.25, -0.2) is 4.98 Å². The highest BCUT2D eigenvalue weighted by molar-refractivity contribution is 6.28. The van der Waals surface area contributed by atoms with Gasteiger partial charge >= 0.3 is 0 Å². The first-order valence-corrected chi connectivity index (χ1v) is 6.81. The van der Waals surface area contributed by atoms with Gasteiger partial charge in [-0.2, -0.15) is 10.1 Å². The van der Waals surface area contributed by atoms with Crippen molar-refractivity contribution in [2.75, 3.05) is 0 Å². The molecule has 1 saturated carbocycles. The molecule has 0 amide bonds. The number of aromatic amines is 1. The topological polar surface area (TPSA) is 63.7 Å². The minimum atomic E-state index is 0.204. The molecule has 20 heavy (non-hydrogen) atoms. The predicted molar refractivity (Wildman–Crippen MR) is 75.8 cm³/mol. The third-order valence-electron chi connectivity index (χ3n) is 3.24. The monoisotopic (exact) mass is 286 g/mol. The summed E-state index contributed by atoms with van der Waals surface area (Å²) in [6.07, 6.45) is 4.41. The summed E-state index contributed by atoms with van der Waals surface area (Å²) in [6.45, 7) is 0. The molecule has 2 aromatic heterocycles. The van der Waals surface area contributed by atoms with E-state index in [1.54, 1.807) is 6.20 Å². The van der Waals surface area contributed by atoms with Gasteiger partial charge in [0.2, 0.25) is 5.28 Å². The number of halogens is 1. The van der Waals surface area contributed by atoms with Gasteiger partial charge in [0.15, 0.2) is 5.65 Å². The lowest BCUT2D eigenvalue weighted by Gasteiger charge is -2.06. The van der Waals surface area contributed by atoms with E-state index in [0.717, 1.165) is 35.2 Å². The molecule has 0 radical (unpaired) electrons. The molecule has 1 aliphatic carbocycles. The Balaban J connectivity index is 1.75. The molecule has 1 aromatic carbocycles. The van der Waals surface area contributed by atoms with Crippen molar-refractivity contribution < 1.29 is 4.74 Å². The highest BCUT2D eigenvalue weighted by Gasteiger charge is 2.23. The third kappa shape index (κ3) is 2.10. The van der Waals surface area contributed by atoms with Crippen LogP contribution in [-0.2, 0) is 0 Å². The highest BCUT2D eigenvalue weighted by Crippen LogP contribution is 2.30. The molecule has 1 fully saturated rings. The fourth-order valence-corrected chi connectivity index (χ4v) is 2.27. The van der Waals surface area contributed by atoms with E-state index in [1.807, 2.05) is 24.3 Å². The second kappa shape index (κ2) is 4.45. The Bertz CT molecular complexity index is 764. The number of hydrogen-bond donors (Lipinski definition) is 1. The van der Waals surface area contributed by atoms with Gasteiger partial charge < -0.3 is 4.74 Å². The first-order valence-electron chi connectivity index (χ1n) is 6.43. The lowest BCUT2D eigenvalue weighted by molar-refractivity contribution is 0.303. The van der Waals surface area contributed by atoms with Gasteiger partial charge in [-0.05, 0) is 48.7 Å². The smallest absolute Gasteiger partial charge is 0.224 e. The fraction of sp³-hybridized carbons (Fsp3) is 0.214. The van der Waals surface area contributed by atoms with Crippen molar-refractivity contribution in [3.8, 4) is 17.0 Å². The van der Waals surface area contributed by atoms with E-state index in [9.17, 15) is 0 Å². The van der Waals surface area contributed by atoms with Crippen LogP contribution in [0, 0.1) is 0 Å². The molecule has 100 valence electrons. The third-order valence-corrected chi connectivity index (χ3v) is 3.41. The second-order valence-corrected chi connectivity index (χ2v) is 5.15. The van der Waals surface area contributed by atoms with Gasteiger partial charge in [-0.1, -0.05) is 0 Å². The molecule has 4 rings (SSSR count). The van der Waals surface area contributed by atoms with Crippen molar-refractivity contribution in [2.45, 2.75) is 18.9 Å². The standard InChI is InChI=1S/C14H11ClN4O/c15-14-17-12(11-7-16-19-13(11)18-14)8-1-3-9(4-2-8)20-10-5-6-10/h1-4,7,10H,5-6H2,(H,16,17,18,19). The van der Waals surface area contributed by atoms with Gasteiger partial charge in [0.25, 0.3) is 0 Å². The van der Waals surface area contributed by atoms with E-state index in [4.69, 9.17) is 16.3 Å². The predicted octanol–water partition coefficient (Wildman–Crippen LogP) is 3.21. The number of ether oxygens (including phenoxy) is 1. The molecular weight excluding hydrogens is 276 g/mol. The second-order valence-electron chi connectivity index (χ2n) is 4.82. The zero-order valence-corrected chi connectivity index (χ0v) is 11.3. The Morgan fingerprint density at radius 3 is 2.70 bits per heavy atom. The van der Waals surface area contributed by atoms with Gasteiger partial charge in [-0.3, -0.25) is 5.10 Å². The average molecular weight is 287 g/mol. The van der Waals surface area contributed by atoms with Crippen LogP contribution in [0.3, 0.4) is 0 Å². The molecule has 3 aromatic rings. The number of benzene rings is 1. The van der Waals surface area contributed by atoms with Crippen LogP contribution < -0.4 is 4.74 Å². The van der Waals surface area contributed by atoms with E-state index in [2.05, 4.69) is 20.2 Å². The zero-order valence-electron chi connectivity index (χ0n) is 10.5. The number of nitrogens with zero attached hydrogens (tertiary/aromatic N) is 3. The Labute approximate surface area is 120 Å². The summed E-state index contributed by atoms with van der Waals surface area (Å²) in [5.41, 5.74) is 2.37. The molecule has 6 heteroatoms. The van der Waals surface area contributed by atoms with Crippen molar-refractivity contribution in [3.05, 3.63) is 35.7 Å². The SMILES string of the molecule is Clc1nc(-c2ccc(OC3CC3)cc2)c2cn[nH]c2n1. The van der Waals surface area contributed by atoms with Crippen LogP contribution in [0.2, 0.25) is 5.28 Å². The minimum absolute atomic E-state index is 0.204. The van der Waals surface area contributed by atoms with Crippen molar-refractivity contribution in [3.63, 3.8) is 0 Å². The summed E-state index contributed by atoms with van der Waals surface area (Å²) in [5.74, 6) is 0.889. The van der Waals surface area contributed by atoms with Crippen LogP contribution in [0.5, 0.6) is 5.75 Å². The summed E-state index contributed by atoms with van der Waals surface area (Å²) in [6, 6.07) is 7.86. The first kappa shape index (κ1) is 11.7. The lowest BCUT2D eigenvalue weighted by atomic mass is 10.1. The number of H-pyrrole nitrogens is 1. The molecule has 0 bridgehead atoms. The Kier molecular flexibility index (Phi) is 2.60. The number of fused-ring (bicyclic) bond motifs is 1. The van der Waals surface area contributed by atoms with E-state index in [-0.39, 0.29) is 5.28 Å². The van der Waals surface area contributed by atoms with Crippen LogP contribution >= 0.6 is 11.6 Å². The van der Waals surface area contributed by atoms with Crippen LogP contribution in [-0.4, -0.2) is 26.3 Å². The van der Waals surface area contributed by atoms with E-state index in [1.165, 1.54) is 0 Å². The first-order chi connectivity index (χ1) is 9.79. The maximum absolute atomic E-state index is 5.94. The maximum atomic E-state index is 5.94. The van der Waals surface area contributed by atoms with Crippen LogP contribution in [0.15, 0.2) is 30.5 Å². The van der Waals surface area contributed by atoms with Crippen LogP contribution in [0.1, 0.15) is 12.8 Å². The summed E-state index contributed by atoms with van der Waals surface area (Å²) in [7, 11) is 0. The molecule has 5 nitrogen and oxygen atoms in total. The minimum Gasteiger partial charge on any atom is -0.490 e. The highest BCUT2D eigenvalue weighted by atomic mass is 35.5. The Hall–Kier alpha value is -2.14. The molecule has 0 atom stereocenters. The summed E-state index contributed by atoms with van der Waals surface area (Å²) >= 11 is 5.94. The van der Waals surface area contributed by atoms with Gasteiger partial charge in [0.1, 0.15) is 5.75 Å². The van der Waals surface area contributed by atoms with Crippen LogP contribution in [0.25, 0.3) is 22.3 Å². The van der Waals surface area contributed by atoms with Gasteiger partial charge in [0, 0.05) is 5.56 Å². The molecule has 1 N–H and O–H groups in total. The normalized spacial score (nSPS) is 14.7.